The van der Waals surface area contributed by atoms with Gasteiger partial charge in [0.15, 0.2) is 5.65 Å². The lowest BCUT2D eigenvalue weighted by Crippen LogP contribution is -2.15. The molecule has 29 heavy (non-hydrogen) atoms. The van der Waals surface area contributed by atoms with Gasteiger partial charge in [-0.2, -0.15) is 15.1 Å². The second-order valence-electron chi connectivity index (χ2n) is 6.55. The van der Waals surface area contributed by atoms with Gasteiger partial charge in [-0.25, -0.2) is 0 Å². The molecular formula is C21H23N7O. The van der Waals surface area contributed by atoms with Crippen LogP contribution in [0, 0.1) is 0 Å². The highest BCUT2D eigenvalue weighted by Gasteiger charge is 2.12. The third-order valence-electron chi connectivity index (χ3n) is 4.57. The summed E-state index contributed by atoms with van der Waals surface area (Å²) in [7, 11) is 3.52. The summed E-state index contributed by atoms with van der Waals surface area (Å²) in [5.41, 5.74) is 9.46. The maximum absolute atomic E-state index is 5.59. The van der Waals surface area contributed by atoms with Crippen LogP contribution in [0.2, 0.25) is 0 Å². The normalized spacial score (nSPS) is 10.9. The van der Waals surface area contributed by atoms with E-state index in [2.05, 4.69) is 37.8 Å². The molecule has 0 saturated carbocycles. The summed E-state index contributed by atoms with van der Waals surface area (Å²) < 4.78 is 6.97. The largest absolute Gasteiger partial charge is 0.497 e. The highest BCUT2D eigenvalue weighted by atomic mass is 16.5. The van der Waals surface area contributed by atoms with E-state index in [4.69, 9.17) is 10.5 Å². The summed E-state index contributed by atoms with van der Waals surface area (Å²) in [6.45, 7) is 1.09. The number of hydrogen-bond acceptors (Lipinski definition) is 7. The Kier molecular flexibility index (Phi) is 5.26. The number of hydrogen-bond donors (Lipinski definition) is 3. The second kappa shape index (κ2) is 8.15. The zero-order valence-corrected chi connectivity index (χ0v) is 16.4. The van der Waals surface area contributed by atoms with E-state index >= 15 is 0 Å². The molecule has 8 nitrogen and oxygen atoms in total. The van der Waals surface area contributed by atoms with Gasteiger partial charge in [0.1, 0.15) is 11.6 Å². The topological polar surface area (TPSA) is 103 Å². The number of rotatable bonds is 7. The van der Waals surface area contributed by atoms with E-state index in [1.54, 1.807) is 18.0 Å². The molecule has 2 aromatic heterocycles. The van der Waals surface area contributed by atoms with E-state index in [0.717, 1.165) is 33.6 Å². The molecule has 0 aliphatic heterocycles. The summed E-state index contributed by atoms with van der Waals surface area (Å²) >= 11 is 0. The molecule has 4 N–H and O–H groups in total. The molecule has 0 radical (unpaired) electrons. The van der Waals surface area contributed by atoms with Gasteiger partial charge in [0.05, 0.1) is 18.7 Å². The van der Waals surface area contributed by atoms with Gasteiger partial charge >= 0.3 is 0 Å². The molecule has 8 heteroatoms. The highest BCUT2D eigenvalue weighted by molar-refractivity contribution is 5.89. The van der Waals surface area contributed by atoms with Crippen LogP contribution in [0.25, 0.3) is 22.2 Å². The maximum Gasteiger partial charge on any atom is 0.226 e. The van der Waals surface area contributed by atoms with Crippen LogP contribution in [-0.4, -0.2) is 39.9 Å². The van der Waals surface area contributed by atoms with Crippen LogP contribution in [0.1, 0.15) is 0 Å². The molecule has 0 saturated heterocycles. The number of nitrogens with two attached hydrogens (primary N) is 1. The summed E-state index contributed by atoms with van der Waals surface area (Å²) in [5, 5.41) is 11.7. The van der Waals surface area contributed by atoms with Crippen molar-refractivity contribution in [1.29, 1.82) is 0 Å². The number of fused-ring (bicyclic) bond motifs is 1. The first kappa shape index (κ1) is 18.7. The van der Waals surface area contributed by atoms with E-state index in [1.165, 1.54) is 0 Å². The van der Waals surface area contributed by atoms with Gasteiger partial charge in [0, 0.05) is 25.8 Å². The quantitative estimate of drug-likeness (QED) is 0.446. The third kappa shape index (κ3) is 3.97. The van der Waals surface area contributed by atoms with Gasteiger partial charge in [-0.3, -0.25) is 4.68 Å². The summed E-state index contributed by atoms with van der Waals surface area (Å²) in [5.74, 6) is 2.04. The molecule has 0 bridgehead atoms. The molecule has 4 aromatic rings. The Labute approximate surface area is 168 Å². The Hall–Kier alpha value is -3.65. The molecule has 0 spiro atoms. The highest BCUT2D eigenvalue weighted by Crippen LogP contribution is 2.28. The molecule has 4 rings (SSSR count). The molecular weight excluding hydrogens is 366 g/mol. The first-order chi connectivity index (χ1) is 14.2. The van der Waals surface area contributed by atoms with Crippen molar-refractivity contribution in [3.05, 3.63) is 54.7 Å². The standard InChI is InChI=1S/C21H23N7O/c1-28-20-18(13-24-28)19(26-21(27-20)23-11-10-22)25-16-5-3-4-15(12-16)14-6-8-17(29-2)9-7-14/h3-9,12-13H,10-11,22H2,1-2H3,(H2,23,25,26,27). The maximum atomic E-state index is 5.59. The van der Waals surface area contributed by atoms with Crippen molar-refractivity contribution in [2.75, 3.05) is 30.8 Å². The minimum Gasteiger partial charge on any atom is -0.497 e. The summed E-state index contributed by atoms with van der Waals surface area (Å²) in [6.07, 6.45) is 1.76. The van der Waals surface area contributed by atoms with E-state index < -0.39 is 0 Å². The molecule has 2 heterocycles. The zero-order valence-electron chi connectivity index (χ0n) is 16.4. The van der Waals surface area contributed by atoms with Gasteiger partial charge < -0.3 is 21.1 Å². The molecule has 148 valence electrons. The van der Waals surface area contributed by atoms with E-state index in [-0.39, 0.29) is 0 Å². The second-order valence-corrected chi connectivity index (χ2v) is 6.55. The van der Waals surface area contributed by atoms with Crippen LogP contribution in [0.15, 0.2) is 54.7 Å². The summed E-state index contributed by atoms with van der Waals surface area (Å²) in [4.78, 5) is 9.14. The molecule has 0 aliphatic rings. The lowest BCUT2D eigenvalue weighted by Gasteiger charge is -2.11. The van der Waals surface area contributed by atoms with Gasteiger partial charge in [0.25, 0.3) is 0 Å². The molecule has 0 atom stereocenters. The smallest absolute Gasteiger partial charge is 0.226 e. The van der Waals surface area contributed by atoms with Crippen molar-refractivity contribution >= 4 is 28.5 Å². The van der Waals surface area contributed by atoms with E-state index in [0.29, 0.717) is 24.9 Å². The Morgan fingerprint density at radius 3 is 2.66 bits per heavy atom. The first-order valence-corrected chi connectivity index (χ1v) is 9.33. The van der Waals surface area contributed by atoms with Crippen molar-refractivity contribution in [2.24, 2.45) is 12.8 Å². The average Bonchev–Trinajstić information content (AvgIpc) is 3.13. The molecule has 0 fully saturated rings. The van der Waals surface area contributed by atoms with Crippen LogP contribution in [0.4, 0.5) is 17.5 Å². The fourth-order valence-corrected chi connectivity index (χ4v) is 3.08. The average molecular weight is 389 g/mol. The predicted molar refractivity (Wildman–Crippen MR) is 116 cm³/mol. The van der Waals surface area contributed by atoms with Crippen molar-refractivity contribution in [2.45, 2.75) is 0 Å². The predicted octanol–water partition coefficient (Wildman–Crippen LogP) is 3.15. The van der Waals surface area contributed by atoms with Crippen LogP contribution in [0.5, 0.6) is 5.75 Å². The lowest BCUT2D eigenvalue weighted by atomic mass is 10.0. The third-order valence-corrected chi connectivity index (χ3v) is 4.57. The molecule has 0 unspecified atom stereocenters. The molecule has 0 amide bonds. The van der Waals surface area contributed by atoms with Crippen molar-refractivity contribution in [3.8, 4) is 16.9 Å². The van der Waals surface area contributed by atoms with Crippen LogP contribution in [-0.2, 0) is 7.05 Å². The number of aryl methyl sites for hydroxylation is 1. The van der Waals surface area contributed by atoms with Crippen molar-refractivity contribution < 1.29 is 4.74 Å². The Morgan fingerprint density at radius 1 is 1.07 bits per heavy atom. The molecule has 2 aromatic carbocycles. The Balaban J connectivity index is 1.67. The lowest BCUT2D eigenvalue weighted by molar-refractivity contribution is 0.415. The zero-order chi connectivity index (χ0) is 20.2. The Bertz CT molecular complexity index is 1120. The Morgan fingerprint density at radius 2 is 1.90 bits per heavy atom. The number of anilines is 3. The fraction of sp³-hybridized carbons (Fsp3) is 0.190. The van der Waals surface area contributed by atoms with E-state index in [1.807, 2.05) is 43.4 Å². The first-order valence-electron chi connectivity index (χ1n) is 9.33. The number of nitrogens with zero attached hydrogens (tertiary/aromatic N) is 4. The van der Waals surface area contributed by atoms with Crippen LogP contribution < -0.4 is 21.1 Å². The minimum atomic E-state index is 0.499. The van der Waals surface area contributed by atoms with Gasteiger partial charge in [-0.15, -0.1) is 0 Å². The number of nitrogens with one attached hydrogen (secondary N) is 2. The van der Waals surface area contributed by atoms with Gasteiger partial charge in [-0.05, 0) is 35.4 Å². The molecule has 0 aliphatic carbocycles. The number of aromatic nitrogens is 4. The number of ether oxygens (including phenoxy) is 1. The van der Waals surface area contributed by atoms with Crippen molar-refractivity contribution in [1.82, 2.24) is 19.7 Å². The van der Waals surface area contributed by atoms with E-state index in [9.17, 15) is 0 Å². The fourth-order valence-electron chi connectivity index (χ4n) is 3.08. The van der Waals surface area contributed by atoms with Crippen molar-refractivity contribution in [3.63, 3.8) is 0 Å². The van der Waals surface area contributed by atoms with Crippen LogP contribution in [0.3, 0.4) is 0 Å². The van der Waals surface area contributed by atoms with Gasteiger partial charge in [-0.1, -0.05) is 24.3 Å². The van der Waals surface area contributed by atoms with Gasteiger partial charge in [0.2, 0.25) is 5.95 Å². The summed E-state index contributed by atoms with van der Waals surface area (Å²) in [6, 6.07) is 16.2. The monoisotopic (exact) mass is 389 g/mol. The minimum absolute atomic E-state index is 0.499. The number of methoxy groups -OCH3 is 1. The van der Waals surface area contributed by atoms with Crippen LogP contribution >= 0.6 is 0 Å². The number of benzene rings is 2. The SMILES string of the molecule is COc1ccc(-c2cccc(Nc3nc(NCCN)nc4c3cnn4C)c2)cc1.